The summed E-state index contributed by atoms with van der Waals surface area (Å²) in [5.41, 5.74) is -1.92. The number of ether oxygens (including phenoxy) is 4. The van der Waals surface area contributed by atoms with E-state index in [1.807, 2.05) is 0 Å². The summed E-state index contributed by atoms with van der Waals surface area (Å²) in [7, 11) is 0.902. The smallest absolute Gasteiger partial charge is 0.430 e. The van der Waals surface area contributed by atoms with Gasteiger partial charge in [-0.05, 0) is 24.1 Å². The molecule has 2 aromatic rings. The number of carbonyl (C=O) groups is 2. The number of nitrogens with zero attached hydrogens (tertiary/aromatic N) is 2. The fraction of sp³-hybridized carbons (Fsp3) is 0.370. The third-order valence-electron chi connectivity index (χ3n) is 6.43. The number of aliphatic imine (C=N–C) groups is 1. The lowest BCUT2D eigenvalue weighted by Crippen LogP contribution is -2.43. The van der Waals surface area contributed by atoms with Gasteiger partial charge in [-0.15, -0.1) is 0 Å². The van der Waals surface area contributed by atoms with Crippen LogP contribution in [0.4, 0.5) is 18.9 Å². The van der Waals surface area contributed by atoms with Gasteiger partial charge in [0.25, 0.3) is 5.69 Å². The number of non-ortho nitro benzene ring substituents is 1. The van der Waals surface area contributed by atoms with E-state index in [4.69, 9.17) is 14.2 Å². The summed E-state index contributed by atoms with van der Waals surface area (Å²) < 4.78 is 63.1. The van der Waals surface area contributed by atoms with Gasteiger partial charge in [0.05, 0.1) is 30.8 Å². The minimum Gasteiger partial charge on any atom is -0.491 e. The van der Waals surface area contributed by atoms with Crippen LogP contribution in [0, 0.1) is 16.0 Å². The fourth-order valence-corrected chi connectivity index (χ4v) is 4.47. The van der Waals surface area contributed by atoms with Crippen LogP contribution in [0.1, 0.15) is 24.0 Å². The number of hydrogen-bond donors (Lipinski definition) is 0. The van der Waals surface area contributed by atoms with E-state index in [0.717, 1.165) is 24.8 Å². The second-order valence-electron chi connectivity index (χ2n) is 9.08. The van der Waals surface area contributed by atoms with Gasteiger partial charge in [0, 0.05) is 30.2 Å². The summed E-state index contributed by atoms with van der Waals surface area (Å²) in [5.74, 6) is -5.46. The first-order chi connectivity index (χ1) is 19.0. The molecule has 0 spiro atoms. The Morgan fingerprint density at radius 1 is 1.18 bits per heavy atom. The first-order valence-corrected chi connectivity index (χ1v) is 12.2. The highest BCUT2D eigenvalue weighted by molar-refractivity contribution is 6.10. The monoisotopic (exact) mass is 562 g/mol. The van der Waals surface area contributed by atoms with Crippen LogP contribution in [-0.4, -0.2) is 61.8 Å². The van der Waals surface area contributed by atoms with Crippen molar-refractivity contribution in [2.24, 2.45) is 10.9 Å². The third-order valence-corrected chi connectivity index (χ3v) is 6.43. The molecule has 0 aromatic heterocycles. The van der Waals surface area contributed by atoms with E-state index < -0.39 is 46.3 Å². The van der Waals surface area contributed by atoms with Gasteiger partial charge >= 0.3 is 18.1 Å². The van der Waals surface area contributed by atoms with Crippen LogP contribution in [0.3, 0.4) is 0 Å². The quantitative estimate of drug-likeness (QED) is 0.181. The standard InChI is InChI=1S/C27H25F3N2O8/c1-15-21(26(34)38-11-10-16-6-3-4-9-20(16)40-14-19-13-39-19)22(17-7-5-8-18(12-17)32(35)36)23(25(33)37-2)24(31-15)27(28,29)30/h3-9,12,19,22-23H,10-11,13-14H2,1-2H3. The van der Waals surface area contributed by atoms with Crippen molar-refractivity contribution in [1.29, 1.82) is 0 Å². The number of methoxy groups -OCH3 is 1. The first-order valence-electron chi connectivity index (χ1n) is 12.2. The molecule has 3 unspecified atom stereocenters. The van der Waals surface area contributed by atoms with E-state index in [1.54, 1.807) is 24.3 Å². The van der Waals surface area contributed by atoms with E-state index in [1.165, 1.54) is 19.1 Å². The third kappa shape index (κ3) is 6.47. The van der Waals surface area contributed by atoms with Crippen LogP contribution in [0.2, 0.25) is 0 Å². The van der Waals surface area contributed by atoms with E-state index in [9.17, 15) is 32.9 Å². The maximum Gasteiger partial charge on any atom is 0.430 e. The van der Waals surface area contributed by atoms with Gasteiger partial charge < -0.3 is 18.9 Å². The molecule has 212 valence electrons. The largest absolute Gasteiger partial charge is 0.491 e. The molecule has 0 saturated carbocycles. The molecule has 2 heterocycles. The normalized spacial score (nSPS) is 20.4. The minimum atomic E-state index is -5.05. The molecule has 0 radical (unpaired) electrons. The molecule has 0 aliphatic carbocycles. The van der Waals surface area contributed by atoms with Gasteiger partial charge in [-0.1, -0.05) is 30.3 Å². The van der Waals surface area contributed by atoms with Crippen molar-refractivity contribution >= 4 is 23.3 Å². The number of rotatable bonds is 10. The van der Waals surface area contributed by atoms with E-state index >= 15 is 0 Å². The van der Waals surface area contributed by atoms with E-state index in [2.05, 4.69) is 9.73 Å². The number of halogens is 3. The SMILES string of the molecule is COC(=O)C1C(C(F)(F)F)=NC(C)=C(C(=O)OCCc2ccccc2OCC2CO2)C1c1cccc([N+](=O)[O-])c1. The van der Waals surface area contributed by atoms with Gasteiger partial charge in [-0.2, -0.15) is 13.2 Å². The molecule has 40 heavy (non-hydrogen) atoms. The molecule has 2 aliphatic rings. The molecule has 0 N–H and O–H groups in total. The van der Waals surface area contributed by atoms with Crippen LogP contribution in [0.5, 0.6) is 5.75 Å². The summed E-state index contributed by atoms with van der Waals surface area (Å²) in [5, 5.41) is 11.4. The van der Waals surface area contributed by atoms with Crippen molar-refractivity contribution in [3.63, 3.8) is 0 Å². The first kappa shape index (κ1) is 28.7. The van der Waals surface area contributed by atoms with E-state index in [-0.39, 0.29) is 36.0 Å². The highest BCUT2D eigenvalue weighted by Gasteiger charge is 2.52. The van der Waals surface area contributed by atoms with Crippen LogP contribution in [-0.2, 0) is 30.2 Å². The fourth-order valence-electron chi connectivity index (χ4n) is 4.47. The van der Waals surface area contributed by atoms with Gasteiger partial charge in [0.2, 0.25) is 0 Å². The van der Waals surface area contributed by atoms with Crippen LogP contribution < -0.4 is 4.74 Å². The number of hydrogen-bond acceptors (Lipinski definition) is 9. The Balaban J connectivity index is 1.65. The molecule has 0 bridgehead atoms. The van der Waals surface area contributed by atoms with Gasteiger partial charge in [0.1, 0.15) is 30.1 Å². The Morgan fingerprint density at radius 3 is 2.55 bits per heavy atom. The maximum atomic E-state index is 14.0. The average Bonchev–Trinajstić information content (AvgIpc) is 3.75. The number of para-hydroxylation sites is 1. The average molecular weight is 562 g/mol. The number of esters is 2. The Labute approximate surface area is 226 Å². The number of allylic oxidation sites excluding steroid dienone is 1. The molecule has 1 saturated heterocycles. The van der Waals surface area contributed by atoms with Gasteiger partial charge in [-0.3, -0.25) is 19.9 Å². The van der Waals surface area contributed by atoms with Crippen molar-refractivity contribution < 1.29 is 46.6 Å². The Kier molecular flexibility index (Phi) is 8.52. The van der Waals surface area contributed by atoms with Crippen molar-refractivity contribution in [1.82, 2.24) is 0 Å². The molecule has 2 aromatic carbocycles. The summed E-state index contributed by atoms with van der Waals surface area (Å²) in [6.45, 7) is 1.99. The zero-order chi connectivity index (χ0) is 29.0. The van der Waals surface area contributed by atoms with Crippen molar-refractivity contribution in [3.05, 3.63) is 81.0 Å². The zero-order valence-electron chi connectivity index (χ0n) is 21.5. The number of carbonyl (C=O) groups excluding carboxylic acids is 2. The van der Waals surface area contributed by atoms with Gasteiger partial charge in [0.15, 0.2) is 0 Å². The number of nitro benzene ring substituents is 1. The molecular weight excluding hydrogens is 537 g/mol. The highest BCUT2D eigenvalue weighted by atomic mass is 19.4. The Morgan fingerprint density at radius 2 is 1.90 bits per heavy atom. The second-order valence-corrected chi connectivity index (χ2v) is 9.08. The molecular formula is C27H25F3N2O8. The van der Waals surface area contributed by atoms with Gasteiger partial charge in [-0.25, -0.2) is 4.79 Å². The Hall–Kier alpha value is -4.26. The molecule has 0 amide bonds. The van der Waals surface area contributed by atoms with Crippen LogP contribution >= 0.6 is 0 Å². The lowest BCUT2D eigenvalue weighted by atomic mass is 9.75. The van der Waals surface area contributed by atoms with Crippen molar-refractivity contribution in [2.45, 2.75) is 31.5 Å². The zero-order valence-corrected chi connectivity index (χ0v) is 21.5. The maximum absolute atomic E-state index is 14.0. The van der Waals surface area contributed by atoms with Crippen LogP contribution in [0.25, 0.3) is 0 Å². The molecule has 2 aliphatic heterocycles. The summed E-state index contributed by atoms with van der Waals surface area (Å²) >= 11 is 0. The lowest BCUT2D eigenvalue weighted by Gasteiger charge is -2.32. The summed E-state index contributed by atoms with van der Waals surface area (Å²) in [6.07, 6.45) is -4.80. The number of nitro groups is 1. The summed E-state index contributed by atoms with van der Waals surface area (Å²) in [6, 6.07) is 11.8. The van der Waals surface area contributed by atoms with E-state index in [0.29, 0.717) is 19.0 Å². The molecule has 13 heteroatoms. The molecule has 3 atom stereocenters. The topological polar surface area (TPSA) is 130 Å². The lowest BCUT2D eigenvalue weighted by molar-refractivity contribution is -0.384. The highest BCUT2D eigenvalue weighted by Crippen LogP contribution is 2.44. The molecule has 10 nitrogen and oxygen atoms in total. The predicted octanol–water partition coefficient (Wildman–Crippen LogP) is 4.32. The number of benzene rings is 2. The summed E-state index contributed by atoms with van der Waals surface area (Å²) in [4.78, 5) is 40.3. The predicted molar refractivity (Wildman–Crippen MR) is 134 cm³/mol. The minimum absolute atomic E-state index is 0.0303. The Bertz CT molecular complexity index is 1370. The van der Waals surface area contributed by atoms with Crippen molar-refractivity contribution in [3.8, 4) is 5.75 Å². The molecule has 1 fully saturated rings. The second kappa shape index (κ2) is 11.9. The van der Waals surface area contributed by atoms with Crippen molar-refractivity contribution in [2.75, 3.05) is 26.9 Å². The molecule has 4 rings (SSSR count). The van der Waals surface area contributed by atoms with Crippen LogP contribution in [0.15, 0.2) is 64.8 Å². The number of epoxide rings is 1. The number of alkyl halides is 3.